The van der Waals surface area contributed by atoms with E-state index in [0.29, 0.717) is 11.8 Å². The average molecular weight is 304 g/mol. The van der Waals surface area contributed by atoms with Crippen molar-refractivity contribution in [2.24, 2.45) is 5.92 Å². The normalized spacial score (nSPS) is 17.9. The summed E-state index contributed by atoms with van der Waals surface area (Å²) in [6, 6.07) is 6.30. The van der Waals surface area contributed by atoms with E-state index in [1.807, 2.05) is 10.0 Å². The van der Waals surface area contributed by atoms with Gasteiger partial charge in [-0.05, 0) is 62.5 Å². The Kier molecular flexibility index (Phi) is 4.18. The highest BCUT2D eigenvalue weighted by atomic mass is 32.1. The molecule has 2 aromatic rings. The van der Waals surface area contributed by atoms with Gasteiger partial charge in [-0.25, -0.2) is 0 Å². The Morgan fingerprint density at radius 2 is 2.00 bits per heavy atom. The number of rotatable bonds is 3. The number of likely N-dealkylation sites (tertiary alicyclic amines) is 1. The van der Waals surface area contributed by atoms with E-state index in [1.54, 1.807) is 11.5 Å². The summed E-state index contributed by atoms with van der Waals surface area (Å²) >= 11 is 1.64. The van der Waals surface area contributed by atoms with Gasteiger partial charge < -0.3 is 4.90 Å². The van der Waals surface area contributed by atoms with Crippen molar-refractivity contribution in [1.82, 2.24) is 8.86 Å². The predicted molar refractivity (Wildman–Crippen MR) is 90.4 cm³/mol. The molecule has 0 spiro atoms. The first-order chi connectivity index (χ1) is 10.0. The summed E-state index contributed by atoms with van der Waals surface area (Å²) in [7, 11) is 2.18. The lowest BCUT2D eigenvalue weighted by Gasteiger charge is -2.28. The number of fused-ring (bicyclic) bond motifs is 1. The molecular weight excluding hydrogens is 280 g/mol. The Bertz CT molecular complexity index is 678. The summed E-state index contributed by atoms with van der Waals surface area (Å²) < 4.78 is 3.12. The first-order valence-electron chi connectivity index (χ1n) is 7.87. The highest BCUT2D eigenvalue weighted by Crippen LogP contribution is 2.25. The van der Waals surface area contributed by atoms with Crippen LogP contribution in [-0.4, -0.2) is 29.0 Å². The van der Waals surface area contributed by atoms with Crippen molar-refractivity contribution in [3.63, 3.8) is 0 Å². The number of aromatic nitrogens is 1. The van der Waals surface area contributed by atoms with E-state index in [1.165, 1.54) is 18.4 Å². The zero-order valence-corrected chi connectivity index (χ0v) is 13.9. The molecule has 3 rings (SSSR count). The van der Waals surface area contributed by atoms with Crippen LogP contribution in [0.5, 0.6) is 0 Å². The molecule has 0 atom stereocenters. The molecule has 1 saturated heterocycles. The number of piperidine rings is 1. The standard InChI is InChI=1S/C17H24N2OS/c1-12(2)14-4-5-15-16(10-14)21-19(17(15)20)11-13-6-8-18(3)9-7-13/h4-5,10,12-13H,6-9,11H2,1-3H3. The molecule has 0 saturated carbocycles. The van der Waals surface area contributed by atoms with Crippen LogP contribution in [0.4, 0.5) is 0 Å². The SMILES string of the molecule is CC(C)c1ccc2c(=O)n(CC3CCN(C)CC3)sc2c1. The van der Waals surface area contributed by atoms with Crippen LogP contribution in [-0.2, 0) is 6.54 Å². The fourth-order valence-electron chi connectivity index (χ4n) is 3.04. The van der Waals surface area contributed by atoms with Gasteiger partial charge in [0.05, 0.1) is 10.1 Å². The summed E-state index contributed by atoms with van der Waals surface area (Å²) in [5.74, 6) is 1.16. The lowest BCUT2D eigenvalue weighted by Crippen LogP contribution is -2.32. The van der Waals surface area contributed by atoms with Gasteiger partial charge in [-0.3, -0.25) is 8.75 Å². The maximum absolute atomic E-state index is 12.5. The Balaban J connectivity index is 1.85. The van der Waals surface area contributed by atoms with Gasteiger partial charge in [0.15, 0.2) is 0 Å². The van der Waals surface area contributed by atoms with Gasteiger partial charge in [0.1, 0.15) is 0 Å². The molecule has 1 aliphatic heterocycles. The van der Waals surface area contributed by atoms with Gasteiger partial charge in [0, 0.05) is 6.54 Å². The minimum absolute atomic E-state index is 0.198. The van der Waals surface area contributed by atoms with Crippen molar-refractivity contribution in [2.45, 2.75) is 39.2 Å². The lowest BCUT2D eigenvalue weighted by molar-refractivity contribution is 0.207. The van der Waals surface area contributed by atoms with E-state index in [0.717, 1.165) is 29.7 Å². The highest BCUT2D eigenvalue weighted by molar-refractivity contribution is 7.13. The Morgan fingerprint density at radius 3 is 2.67 bits per heavy atom. The van der Waals surface area contributed by atoms with Crippen molar-refractivity contribution < 1.29 is 0 Å². The van der Waals surface area contributed by atoms with Gasteiger partial charge >= 0.3 is 0 Å². The molecule has 4 heteroatoms. The minimum Gasteiger partial charge on any atom is -0.306 e. The van der Waals surface area contributed by atoms with Crippen molar-refractivity contribution >= 4 is 21.6 Å². The molecule has 0 amide bonds. The number of nitrogens with zero attached hydrogens (tertiary/aromatic N) is 2. The largest absolute Gasteiger partial charge is 0.306 e. The van der Waals surface area contributed by atoms with Crippen LogP contribution in [0.3, 0.4) is 0 Å². The third-order valence-electron chi connectivity index (χ3n) is 4.60. The van der Waals surface area contributed by atoms with Crippen molar-refractivity contribution in [1.29, 1.82) is 0 Å². The Morgan fingerprint density at radius 1 is 1.29 bits per heavy atom. The number of hydrogen-bond donors (Lipinski definition) is 0. The molecule has 1 aromatic carbocycles. The van der Waals surface area contributed by atoms with Gasteiger partial charge in [0.25, 0.3) is 5.56 Å². The molecule has 1 aromatic heterocycles. The molecule has 2 heterocycles. The zero-order valence-electron chi connectivity index (χ0n) is 13.1. The second-order valence-corrected chi connectivity index (χ2v) is 7.68. The molecule has 3 nitrogen and oxygen atoms in total. The minimum atomic E-state index is 0.198. The first-order valence-corrected chi connectivity index (χ1v) is 8.64. The predicted octanol–water partition coefficient (Wildman–Crippen LogP) is 3.53. The molecule has 1 fully saturated rings. The maximum atomic E-state index is 12.5. The van der Waals surface area contributed by atoms with Crippen LogP contribution in [0.1, 0.15) is 38.2 Å². The summed E-state index contributed by atoms with van der Waals surface area (Å²) in [5.41, 5.74) is 1.51. The first kappa shape index (κ1) is 14.8. The van der Waals surface area contributed by atoms with Crippen LogP contribution in [0.15, 0.2) is 23.0 Å². The van der Waals surface area contributed by atoms with Gasteiger partial charge in [-0.1, -0.05) is 31.4 Å². The summed E-state index contributed by atoms with van der Waals surface area (Å²) in [4.78, 5) is 14.9. The fourth-order valence-corrected chi connectivity index (χ4v) is 4.19. The summed E-state index contributed by atoms with van der Waals surface area (Å²) in [6.07, 6.45) is 2.41. The zero-order chi connectivity index (χ0) is 15.0. The van der Waals surface area contributed by atoms with Crippen molar-refractivity contribution in [3.05, 3.63) is 34.1 Å². The molecule has 21 heavy (non-hydrogen) atoms. The van der Waals surface area contributed by atoms with Crippen LogP contribution < -0.4 is 5.56 Å². The quantitative estimate of drug-likeness (QED) is 0.867. The van der Waals surface area contributed by atoms with E-state index in [-0.39, 0.29) is 5.56 Å². The third-order valence-corrected chi connectivity index (χ3v) is 5.67. The summed E-state index contributed by atoms with van der Waals surface area (Å²) in [6.45, 7) is 7.59. The van der Waals surface area contributed by atoms with Gasteiger partial charge in [-0.15, -0.1) is 0 Å². The molecule has 0 bridgehead atoms. The molecule has 0 radical (unpaired) electrons. The summed E-state index contributed by atoms with van der Waals surface area (Å²) in [5, 5.41) is 0.886. The number of hydrogen-bond acceptors (Lipinski definition) is 3. The maximum Gasteiger partial charge on any atom is 0.268 e. The van der Waals surface area contributed by atoms with Gasteiger partial charge in [0.2, 0.25) is 0 Å². The van der Waals surface area contributed by atoms with E-state index in [4.69, 9.17) is 0 Å². The smallest absolute Gasteiger partial charge is 0.268 e. The molecule has 0 N–H and O–H groups in total. The van der Waals surface area contributed by atoms with E-state index < -0.39 is 0 Å². The van der Waals surface area contributed by atoms with Crippen LogP contribution in [0, 0.1) is 5.92 Å². The molecule has 114 valence electrons. The molecule has 1 aliphatic rings. The Labute approximate surface area is 130 Å². The second-order valence-electron chi connectivity index (χ2n) is 6.61. The van der Waals surface area contributed by atoms with E-state index in [9.17, 15) is 4.79 Å². The third kappa shape index (κ3) is 3.06. The van der Waals surface area contributed by atoms with Crippen LogP contribution in [0.2, 0.25) is 0 Å². The second kappa shape index (κ2) is 5.93. The van der Waals surface area contributed by atoms with Crippen LogP contribution >= 0.6 is 11.5 Å². The monoisotopic (exact) mass is 304 g/mol. The molecular formula is C17H24N2OS. The van der Waals surface area contributed by atoms with Crippen molar-refractivity contribution in [2.75, 3.05) is 20.1 Å². The fraction of sp³-hybridized carbons (Fsp3) is 0.588. The highest BCUT2D eigenvalue weighted by Gasteiger charge is 2.19. The van der Waals surface area contributed by atoms with Crippen LogP contribution in [0.25, 0.3) is 10.1 Å². The van der Waals surface area contributed by atoms with E-state index in [2.05, 4.69) is 37.9 Å². The van der Waals surface area contributed by atoms with E-state index >= 15 is 0 Å². The topological polar surface area (TPSA) is 25.2 Å². The Hall–Kier alpha value is -1.13. The molecule has 0 unspecified atom stereocenters. The number of benzene rings is 1. The molecule has 0 aliphatic carbocycles. The van der Waals surface area contributed by atoms with Crippen molar-refractivity contribution in [3.8, 4) is 0 Å². The average Bonchev–Trinajstić information content (AvgIpc) is 2.77. The lowest BCUT2D eigenvalue weighted by atomic mass is 9.97. The van der Waals surface area contributed by atoms with Gasteiger partial charge in [-0.2, -0.15) is 0 Å².